The Morgan fingerprint density at radius 1 is 1.67 bits per heavy atom. The summed E-state index contributed by atoms with van der Waals surface area (Å²) in [4.78, 5) is 9.58. The molecular formula is C5H10O3S. The van der Waals surface area contributed by atoms with Gasteiger partial charge in [-0.25, -0.2) is 0 Å². The van der Waals surface area contributed by atoms with Gasteiger partial charge in [-0.1, -0.05) is 13.8 Å². The van der Waals surface area contributed by atoms with Crippen molar-refractivity contribution in [3.8, 4) is 0 Å². The molecule has 0 aromatic rings. The maximum atomic E-state index is 10.7. The number of carbonyl (C=O) groups excluding carboxylic acids is 1. The van der Waals surface area contributed by atoms with Crippen LogP contribution in [0.2, 0.25) is 0 Å². The van der Waals surface area contributed by atoms with Gasteiger partial charge in [0.15, 0.2) is 5.94 Å². The SMILES string of the molecule is CC(C)S(=O)COC=O. The van der Waals surface area contributed by atoms with Crippen molar-refractivity contribution in [1.29, 1.82) is 0 Å². The molecule has 4 heteroatoms. The molecule has 0 saturated heterocycles. The summed E-state index contributed by atoms with van der Waals surface area (Å²) in [5.41, 5.74) is 0. The number of hydrogen-bond acceptors (Lipinski definition) is 3. The fourth-order valence-corrected chi connectivity index (χ4v) is 0.693. The summed E-state index contributed by atoms with van der Waals surface area (Å²) < 4.78 is 15.0. The second kappa shape index (κ2) is 4.49. The smallest absolute Gasteiger partial charge is 0.294 e. The van der Waals surface area contributed by atoms with Gasteiger partial charge in [-0.3, -0.25) is 9.00 Å². The van der Waals surface area contributed by atoms with Crippen LogP contribution < -0.4 is 0 Å². The van der Waals surface area contributed by atoms with Gasteiger partial charge in [0.25, 0.3) is 6.47 Å². The van der Waals surface area contributed by atoms with Crippen LogP contribution >= 0.6 is 0 Å². The Morgan fingerprint density at radius 3 is 2.56 bits per heavy atom. The summed E-state index contributed by atoms with van der Waals surface area (Å²) in [6.45, 7) is 3.93. The van der Waals surface area contributed by atoms with Gasteiger partial charge in [0.1, 0.15) is 0 Å². The van der Waals surface area contributed by atoms with Crippen molar-refractivity contribution in [2.45, 2.75) is 19.1 Å². The molecule has 0 N–H and O–H groups in total. The average molecular weight is 150 g/mol. The molecule has 0 saturated carbocycles. The maximum Gasteiger partial charge on any atom is 0.294 e. The fraction of sp³-hybridized carbons (Fsp3) is 0.800. The van der Waals surface area contributed by atoms with Crippen molar-refractivity contribution in [1.82, 2.24) is 0 Å². The Labute approximate surface area is 56.8 Å². The van der Waals surface area contributed by atoms with E-state index in [2.05, 4.69) is 4.74 Å². The second-order valence-corrected chi connectivity index (χ2v) is 3.75. The summed E-state index contributed by atoms with van der Waals surface area (Å²) in [6.07, 6.45) is 0. The third-order valence-electron chi connectivity index (χ3n) is 0.778. The fourth-order valence-electron chi connectivity index (χ4n) is 0.231. The van der Waals surface area contributed by atoms with Gasteiger partial charge in [-0.05, 0) is 0 Å². The van der Waals surface area contributed by atoms with Crippen LogP contribution in [0.5, 0.6) is 0 Å². The molecule has 0 bridgehead atoms. The summed E-state index contributed by atoms with van der Waals surface area (Å²) in [7, 11) is -1.03. The number of hydrogen-bond donors (Lipinski definition) is 0. The van der Waals surface area contributed by atoms with Crippen molar-refractivity contribution in [3.05, 3.63) is 0 Å². The number of ether oxygens (including phenoxy) is 1. The average Bonchev–Trinajstić information content (AvgIpc) is 1.82. The van der Waals surface area contributed by atoms with Crippen LogP contribution in [0.3, 0.4) is 0 Å². The lowest BCUT2D eigenvalue weighted by atomic mass is 10.6. The predicted molar refractivity (Wildman–Crippen MR) is 35.3 cm³/mol. The zero-order valence-corrected chi connectivity index (χ0v) is 6.31. The quantitative estimate of drug-likeness (QED) is 0.540. The Hall–Kier alpha value is -0.380. The second-order valence-electron chi connectivity index (χ2n) is 1.81. The zero-order valence-electron chi connectivity index (χ0n) is 5.49. The highest BCUT2D eigenvalue weighted by molar-refractivity contribution is 7.85. The van der Waals surface area contributed by atoms with E-state index in [0.717, 1.165) is 0 Å². The van der Waals surface area contributed by atoms with Crippen molar-refractivity contribution in [3.63, 3.8) is 0 Å². The summed E-state index contributed by atoms with van der Waals surface area (Å²) >= 11 is 0. The predicted octanol–water partition coefficient (Wildman–Crippen LogP) is 0.274. The molecule has 0 amide bonds. The monoisotopic (exact) mass is 150 g/mol. The third-order valence-corrected chi connectivity index (χ3v) is 2.20. The van der Waals surface area contributed by atoms with Crippen LogP contribution in [-0.4, -0.2) is 21.9 Å². The first-order valence-electron chi connectivity index (χ1n) is 2.61. The minimum absolute atomic E-state index is 0.0150. The third kappa shape index (κ3) is 4.14. The van der Waals surface area contributed by atoms with Crippen molar-refractivity contribution >= 4 is 17.3 Å². The van der Waals surface area contributed by atoms with Crippen LogP contribution in [0, 0.1) is 0 Å². The molecule has 0 aliphatic carbocycles. The molecule has 0 aromatic heterocycles. The molecule has 54 valence electrons. The highest BCUT2D eigenvalue weighted by atomic mass is 32.2. The van der Waals surface area contributed by atoms with E-state index in [0.29, 0.717) is 6.47 Å². The van der Waals surface area contributed by atoms with Crippen LogP contribution in [0.4, 0.5) is 0 Å². The van der Waals surface area contributed by atoms with Gasteiger partial charge in [0.2, 0.25) is 0 Å². The maximum absolute atomic E-state index is 10.7. The molecule has 0 aliphatic heterocycles. The van der Waals surface area contributed by atoms with Crippen molar-refractivity contribution in [2.24, 2.45) is 0 Å². The Morgan fingerprint density at radius 2 is 2.22 bits per heavy atom. The highest BCUT2D eigenvalue weighted by Gasteiger charge is 2.03. The Balaban J connectivity index is 3.38. The van der Waals surface area contributed by atoms with Gasteiger partial charge < -0.3 is 4.74 Å². The largest absolute Gasteiger partial charge is 0.454 e. The van der Waals surface area contributed by atoms with Crippen LogP contribution in [0.1, 0.15) is 13.8 Å². The molecule has 1 unspecified atom stereocenters. The lowest BCUT2D eigenvalue weighted by Gasteiger charge is -2.01. The molecule has 0 rings (SSSR count). The van der Waals surface area contributed by atoms with Gasteiger partial charge in [-0.15, -0.1) is 0 Å². The molecule has 3 nitrogen and oxygen atoms in total. The van der Waals surface area contributed by atoms with Crippen LogP contribution in [0.15, 0.2) is 0 Å². The van der Waals surface area contributed by atoms with Gasteiger partial charge in [-0.2, -0.15) is 0 Å². The Bertz CT molecular complexity index is 111. The van der Waals surface area contributed by atoms with Crippen molar-refractivity contribution in [2.75, 3.05) is 5.94 Å². The van der Waals surface area contributed by atoms with Gasteiger partial charge in [0.05, 0.1) is 10.8 Å². The van der Waals surface area contributed by atoms with Crippen LogP contribution in [-0.2, 0) is 20.3 Å². The van der Waals surface area contributed by atoms with Crippen molar-refractivity contribution < 1.29 is 13.7 Å². The van der Waals surface area contributed by atoms with Gasteiger partial charge >= 0.3 is 0 Å². The van der Waals surface area contributed by atoms with E-state index < -0.39 is 10.8 Å². The molecule has 0 heterocycles. The highest BCUT2D eigenvalue weighted by Crippen LogP contribution is 1.92. The molecule has 0 aromatic carbocycles. The molecule has 1 atom stereocenters. The number of carbonyl (C=O) groups is 1. The molecular weight excluding hydrogens is 140 g/mol. The first-order valence-corrected chi connectivity index (χ1v) is 3.99. The zero-order chi connectivity index (χ0) is 7.28. The Kier molecular flexibility index (Phi) is 4.30. The summed E-state index contributed by atoms with van der Waals surface area (Å²) in [5, 5.41) is 0.0601. The van der Waals surface area contributed by atoms with E-state index >= 15 is 0 Å². The minimum Gasteiger partial charge on any atom is -0.454 e. The lowest BCUT2D eigenvalue weighted by molar-refractivity contribution is -0.126. The first kappa shape index (κ1) is 8.62. The first-order chi connectivity index (χ1) is 4.18. The number of rotatable bonds is 4. The standard InChI is InChI=1S/C5H10O3S/c1-5(2)9(7)4-8-3-6/h3,5H,4H2,1-2H3. The minimum atomic E-state index is -1.03. The normalized spacial score (nSPS) is 13.2. The molecule has 0 aliphatic rings. The molecule has 0 fully saturated rings. The van der Waals surface area contributed by atoms with E-state index in [1.807, 2.05) is 13.8 Å². The lowest BCUT2D eigenvalue weighted by Crippen LogP contribution is -2.11. The topological polar surface area (TPSA) is 43.4 Å². The molecule has 0 radical (unpaired) electrons. The molecule has 9 heavy (non-hydrogen) atoms. The van der Waals surface area contributed by atoms with Crippen LogP contribution in [0.25, 0.3) is 0 Å². The van der Waals surface area contributed by atoms with E-state index in [1.54, 1.807) is 0 Å². The summed E-state index contributed by atoms with van der Waals surface area (Å²) in [6, 6.07) is 0. The van der Waals surface area contributed by atoms with E-state index in [4.69, 9.17) is 0 Å². The van der Waals surface area contributed by atoms with E-state index in [1.165, 1.54) is 0 Å². The van der Waals surface area contributed by atoms with E-state index in [-0.39, 0.29) is 11.2 Å². The van der Waals surface area contributed by atoms with Gasteiger partial charge in [0, 0.05) is 5.25 Å². The summed E-state index contributed by atoms with van der Waals surface area (Å²) in [5.74, 6) is 0.0150. The van der Waals surface area contributed by atoms with E-state index in [9.17, 15) is 9.00 Å². The molecule has 0 spiro atoms.